The van der Waals surface area contributed by atoms with Crippen molar-refractivity contribution in [2.75, 3.05) is 13.2 Å². The first-order chi connectivity index (χ1) is 15.1. The molecule has 5 rings (SSSR count). The number of alkyl carbamates (subject to hydrolysis) is 1. The van der Waals surface area contributed by atoms with Crippen LogP contribution in [0.25, 0.3) is 22.0 Å². The van der Waals surface area contributed by atoms with Crippen molar-refractivity contribution in [3.8, 4) is 16.9 Å². The molecule has 31 heavy (non-hydrogen) atoms. The molecular formula is C26H24N2O3. The first kappa shape index (κ1) is 19.2. The second-order valence-electron chi connectivity index (χ2n) is 7.97. The van der Waals surface area contributed by atoms with E-state index in [-0.39, 0.29) is 11.7 Å². The number of carbonyl (C=O) groups is 1. The molecule has 156 valence electrons. The number of aromatic hydroxyl groups is 1. The molecule has 1 amide bonds. The molecule has 1 aromatic heterocycles. The highest BCUT2D eigenvalue weighted by molar-refractivity contribution is 5.85. The Bertz CT molecular complexity index is 1230. The van der Waals surface area contributed by atoms with Crippen molar-refractivity contribution in [2.24, 2.45) is 7.05 Å². The van der Waals surface area contributed by atoms with Crippen LogP contribution in [0.1, 0.15) is 22.6 Å². The van der Waals surface area contributed by atoms with Crippen LogP contribution >= 0.6 is 0 Å². The Labute approximate surface area is 180 Å². The van der Waals surface area contributed by atoms with Gasteiger partial charge in [0.1, 0.15) is 12.4 Å². The molecule has 5 nitrogen and oxygen atoms in total. The Morgan fingerprint density at radius 1 is 1.03 bits per heavy atom. The standard InChI is InChI=1S/C26H24N2O3/c1-28-15-17(23-14-18(29)10-11-25(23)28)12-13-27-26(30)31-16-24-21-8-4-2-6-19(21)20-7-3-5-9-22(20)24/h2-11,14-15,24,29H,12-13,16H2,1H3,(H,27,30). The molecule has 0 fully saturated rings. The summed E-state index contributed by atoms with van der Waals surface area (Å²) >= 11 is 0. The predicted octanol–water partition coefficient (Wildman–Crippen LogP) is 4.97. The molecular weight excluding hydrogens is 388 g/mol. The maximum absolute atomic E-state index is 12.4. The van der Waals surface area contributed by atoms with Crippen LogP contribution in [0, 0.1) is 0 Å². The van der Waals surface area contributed by atoms with Gasteiger partial charge < -0.3 is 19.7 Å². The summed E-state index contributed by atoms with van der Waals surface area (Å²) in [6, 6.07) is 21.9. The molecule has 0 radical (unpaired) electrons. The number of ether oxygens (including phenoxy) is 1. The zero-order chi connectivity index (χ0) is 21.4. The average Bonchev–Trinajstić information content (AvgIpc) is 3.27. The van der Waals surface area contributed by atoms with E-state index in [1.165, 1.54) is 22.3 Å². The third-order valence-corrected chi connectivity index (χ3v) is 6.06. The van der Waals surface area contributed by atoms with Crippen molar-refractivity contribution >= 4 is 17.0 Å². The largest absolute Gasteiger partial charge is 0.508 e. The first-order valence-electron chi connectivity index (χ1n) is 10.5. The fourth-order valence-corrected chi connectivity index (χ4v) is 4.61. The summed E-state index contributed by atoms with van der Waals surface area (Å²) in [5.74, 6) is 0.295. The number of rotatable bonds is 5. The van der Waals surface area contributed by atoms with E-state index in [1.54, 1.807) is 12.1 Å². The van der Waals surface area contributed by atoms with Gasteiger partial charge in [0, 0.05) is 36.6 Å². The molecule has 4 aromatic rings. The molecule has 0 bridgehead atoms. The van der Waals surface area contributed by atoms with E-state index in [0.29, 0.717) is 19.6 Å². The van der Waals surface area contributed by atoms with Crippen LogP contribution in [0.5, 0.6) is 5.75 Å². The average molecular weight is 412 g/mol. The van der Waals surface area contributed by atoms with Gasteiger partial charge in [0.15, 0.2) is 0 Å². The summed E-state index contributed by atoms with van der Waals surface area (Å²) in [6.07, 6.45) is 2.28. The number of carbonyl (C=O) groups excluding carboxylic acids is 1. The Morgan fingerprint density at radius 3 is 2.42 bits per heavy atom. The smallest absolute Gasteiger partial charge is 0.407 e. The number of aromatic nitrogens is 1. The highest BCUT2D eigenvalue weighted by Crippen LogP contribution is 2.44. The number of fused-ring (bicyclic) bond motifs is 4. The molecule has 3 aromatic carbocycles. The van der Waals surface area contributed by atoms with Gasteiger partial charge in [-0.2, -0.15) is 0 Å². The van der Waals surface area contributed by atoms with E-state index in [0.717, 1.165) is 16.5 Å². The van der Waals surface area contributed by atoms with Gasteiger partial charge in [-0.05, 0) is 52.4 Å². The molecule has 0 atom stereocenters. The van der Waals surface area contributed by atoms with Gasteiger partial charge in [-0.25, -0.2) is 4.79 Å². The highest BCUT2D eigenvalue weighted by atomic mass is 16.5. The van der Waals surface area contributed by atoms with E-state index in [1.807, 2.05) is 48.1 Å². The van der Waals surface area contributed by atoms with Gasteiger partial charge in [0.05, 0.1) is 0 Å². The third-order valence-electron chi connectivity index (χ3n) is 6.06. The molecule has 1 heterocycles. The molecule has 0 aliphatic heterocycles. The van der Waals surface area contributed by atoms with Gasteiger partial charge in [-0.15, -0.1) is 0 Å². The van der Waals surface area contributed by atoms with E-state index in [4.69, 9.17) is 4.74 Å². The van der Waals surface area contributed by atoms with Crippen molar-refractivity contribution in [3.05, 3.63) is 89.6 Å². The lowest BCUT2D eigenvalue weighted by Crippen LogP contribution is -2.28. The predicted molar refractivity (Wildman–Crippen MR) is 121 cm³/mol. The van der Waals surface area contributed by atoms with Crippen molar-refractivity contribution < 1.29 is 14.6 Å². The van der Waals surface area contributed by atoms with Crippen LogP contribution in [-0.4, -0.2) is 28.9 Å². The second kappa shape index (κ2) is 7.84. The Balaban J connectivity index is 1.21. The molecule has 0 saturated heterocycles. The normalized spacial score (nSPS) is 12.5. The lowest BCUT2D eigenvalue weighted by atomic mass is 9.98. The topological polar surface area (TPSA) is 63.5 Å². The molecule has 0 unspecified atom stereocenters. The van der Waals surface area contributed by atoms with Gasteiger partial charge in [-0.1, -0.05) is 48.5 Å². The zero-order valence-corrected chi connectivity index (χ0v) is 17.3. The summed E-state index contributed by atoms with van der Waals surface area (Å²) < 4.78 is 7.62. The third kappa shape index (κ3) is 3.52. The van der Waals surface area contributed by atoms with Crippen molar-refractivity contribution in [3.63, 3.8) is 0 Å². The van der Waals surface area contributed by atoms with E-state index in [2.05, 4.69) is 29.6 Å². The van der Waals surface area contributed by atoms with Gasteiger partial charge in [-0.3, -0.25) is 0 Å². The molecule has 0 saturated carbocycles. The van der Waals surface area contributed by atoms with Crippen molar-refractivity contribution in [1.82, 2.24) is 9.88 Å². The number of phenols is 1. The lowest BCUT2D eigenvalue weighted by Gasteiger charge is -2.14. The monoisotopic (exact) mass is 412 g/mol. The summed E-state index contributed by atoms with van der Waals surface area (Å²) in [7, 11) is 1.97. The van der Waals surface area contributed by atoms with Crippen molar-refractivity contribution in [1.29, 1.82) is 0 Å². The van der Waals surface area contributed by atoms with Crippen molar-refractivity contribution in [2.45, 2.75) is 12.3 Å². The number of benzene rings is 3. The molecule has 1 aliphatic carbocycles. The summed E-state index contributed by atoms with van der Waals surface area (Å²) in [5.41, 5.74) is 6.96. The number of aryl methyl sites for hydroxylation is 1. The molecule has 2 N–H and O–H groups in total. The fourth-order valence-electron chi connectivity index (χ4n) is 4.61. The Kier molecular flexibility index (Phi) is 4.86. The minimum absolute atomic E-state index is 0.0548. The van der Waals surface area contributed by atoms with Crippen LogP contribution in [0.4, 0.5) is 4.79 Å². The van der Waals surface area contributed by atoms with Crippen LogP contribution in [-0.2, 0) is 18.2 Å². The lowest BCUT2D eigenvalue weighted by molar-refractivity contribution is 0.143. The summed E-state index contributed by atoms with van der Waals surface area (Å²) in [6.45, 7) is 0.771. The molecule has 5 heteroatoms. The Morgan fingerprint density at radius 2 is 1.71 bits per heavy atom. The minimum Gasteiger partial charge on any atom is -0.508 e. The molecule has 1 aliphatic rings. The number of hydrogen-bond donors (Lipinski definition) is 2. The highest BCUT2D eigenvalue weighted by Gasteiger charge is 2.28. The fraction of sp³-hybridized carbons (Fsp3) is 0.192. The molecule has 0 spiro atoms. The number of nitrogens with zero attached hydrogens (tertiary/aromatic N) is 1. The number of hydrogen-bond acceptors (Lipinski definition) is 3. The number of phenolic OH excluding ortho intramolecular Hbond substituents is 1. The second-order valence-corrected chi connectivity index (χ2v) is 7.97. The minimum atomic E-state index is -0.412. The van der Waals surface area contributed by atoms with Crippen LogP contribution in [0.2, 0.25) is 0 Å². The first-order valence-corrected chi connectivity index (χ1v) is 10.5. The van der Waals surface area contributed by atoms with Crippen LogP contribution in [0.15, 0.2) is 72.9 Å². The quantitative estimate of drug-likeness (QED) is 0.487. The van der Waals surface area contributed by atoms with Crippen LogP contribution in [0.3, 0.4) is 0 Å². The maximum Gasteiger partial charge on any atom is 0.407 e. The van der Waals surface area contributed by atoms with Gasteiger partial charge in [0.25, 0.3) is 0 Å². The summed E-state index contributed by atoms with van der Waals surface area (Å²) in [4.78, 5) is 12.4. The van der Waals surface area contributed by atoms with Gasteiger partial charge >= 0.3 is 6.09 Å². The summed E-state index contributed by atoms with van der Waals surface area (Å²) in [5, 5.41) is 13.6. The van der Waals surface area contributed by atoms with E-state index >= 15 is 0 Å². The number of nitrogens with one attached hydrogen (secondary N) is 1. The van der Waals surface area contributed by atoms with Gasteiger partial charge in [0.2, 0.25) is 0 Å². The Hall–Kier alpha value is -3.73. The van der Waals surface area contributed by atoms with E-state index < -0.39 is 6.09 Å². The van der Waals surface area contributed by atoms with Crippen LogP contribution < -0.4 is 5.32 Å². The zero-order valence-electron chi connectivity index (χ0n) is 17.3. The SMILES string of the molecule is Cn1cc(CCNC(=O)OCC2c3ccccc3-c3ccccc32)c2cc(O)ccc21. The number of amides is 1. The van der Waals surface area contributed by atoms with E-state index in [9.17, 15) is 9.90 Å². The maximum atomic E-state index is 12.4.